The molecule has 5 nitrogen and oxygen atoms in total. The van der Waals surface area contributed by atoms with Gasteiger partial charge in [-0.3, -0.25) is 0 Å². The fraction of sp³-hybridized carbons (Fsp3) is 1.00. The zero-order chi connectivity index (χ0) is 17.9. The van der Waals surface area contributed by atoms with E-state index in [1.165, 1.54) is 64.2 Å². The van der Waals surface area contributed by atoms with Crippen LogP contribution in [-0.2, 0) is 4.74 Å². The molecule has 0 fully saturated rings. The minimum atomic E-state index is -0.853. The quantitative estimate of drug-likeness (QED) is 0.270. The maximum absolute atomic E-state index is 9.66. The highest BCUT2D eigenvalue weighted by molar-refractivity contribution is 4.74. The van der Waals surface area contributed by atoms with Crippen LogP contribution in [0.2, 0.25) is 0 Å². The molecule has 0 radical (unpaired) electrons. The second-order valence-corrected chi connectivity index (χ2v) is 6.64. The molecular weight excluding hydrogens is 306 g/mol. The molecule has 0 saturated carbocycles. The first kappa shape index (κ1) is 23.8. The maximum Gasteiger partial charge on any atom is 0.0945 e. The molecule has 0 bridgehead atoms. The normalized spacial score (nSPS) is 14.0. The van der Waals surface area contributed by atoms with Crippen molar-refractivity contribution in [3.63, 3.8) is 0 Å². The molecular formula is C19H41NO4. The predicted octanol–water partition coefficient (Wildman–Crippen LogP) is 2.62. The Kier molecular flexibility index (Phi) is 19.0. The monoisotopic (exact) mass is 347 g/mol. The number of nitrogens with one attached hydrogen (secondary N) is 1. The van der Waals surface area contributed by atoms with E-state index in [-0.39, 0.29) is 19.3 Å². The van der Waals surface area contributed by atoms with Gasteiger partial charge < -0.3 is 25.4 Å². The third-order valence-electron chi connectivity index (χ3n) is 4.36. The van der Waals surface area contributed by atoms with Crippen LogP contribution in [0.5, 0.6) is 0 Å². The molecule has 0 saturated heterocycles. The Morgan fingerprint density at radius 1 is 0.833 bits per heavy atom. The van der Waals surface area contributed by atoms with Crippen molar-refractivity contribution in [2.24, 2.45) is 0 Å². The molecule has 24 heavy (non-hydrogen) atoms. The minimum absolute atomic E-state index is 0.00719. The lowest BCUT2D eigenvalue weighted by molar-refractivity contribution is 0.0164. The van der Waals surface area contributed by atoms with Crippen LogP contribution in [0, 0.1) is 0 Å². The Morgan fingerprint density at radius 2 is 1.38 bits per heavy atom. The first-order valence-electron chi connectivity index (χ1n) is 9.97. The van der Waals surface area contributed by atoms with Crippen molar-refractivity contribution in [3.8, 4) is 0 Å². The Balaban J connectivity index is 3.36. The molecule has 0 aromatic carbocycles. The van der Waals surface area contributed by atoms with Crippen molar-refractivity contribution in [2.75, 3.05) is 33.0 Å². The minimum Gasteiger partial charge on any atom is -0.395 e. The molecule has 0 aliphatic heterocycles. The molecule has 146 valence electrons. The lowest BCUT2D eigenvalue weighted by Crippen LogP contribution is -2.46. The molecule has 0 heterocycles. The second kappa shape index (κ2) is 19.1. The summed E-state index contributed by atoms with van der Waals surface area (Å²) in [6.45, 7) is 3.40. The van der Waals surface area contributed by atoms with Gasteiger partial charge in [-0.1, -0.05) is 71.1 Å². The van der Waals surface area contributed by atoms with E-state index in [0.29, 0.717) is 19.8 Å². The van der Waals surface area contributed by atoms with Crippen LogP contribution >= 0.6 is 0 Å². The highest BCUT2D eigenvalue weighted by Gasteiger charge is 2.17. The van der Waals surface area contributed by atoms with Gasteiger partial charge in [0.1, 0.15) is 0 Å². The van der Waals surface area contributed by atoms with Crippen molar-refractivity contribution < 1.29 is 20.1 Å². The number of rotatable bonds is 19. The third kappa shape index (κ3) is 15.3. The van der Waals surface area contributed by atoms with E-state index < -0.39 is 6.10 Å². The predicted molar refractivity (Wildman–Crippen MR) is 99.2 cm³/mol. The molecule has 2 unspecified atom stereocenters. The zero-order valence-corrected chi connectivity index (χ0v) is 15.7. The summed E-state index contributed by atoms with van der Waals surface area (Å²) < 4.78 is 5.58. The van der Waals surface area contributed by atoms with E-state index in [4.69, 9.17) is 14.9 Å². The van der Waals surface area contributed by atoms with Gasteiger partial charge in [0.15, 0.2) is 0 Å². The fourth-order valence-electron chi connectivity index (χ4n) is 2.76. The van der Waals surface area contributed by atoms with Gasteiger partial charge >= 0.3 is 0 Å². The molecule has 0 aromatic heterocycles. The standard InChI is InChI=1S/C19H41NO4/c1-2-3-4-5-6-7-8-9-10-11-12-15-24-17-18(19(23)16-22)20-13-14-21/h18-23H,2-17H2,1H3. The molecule has 0 aromatic rings. The molecule has 2 atom stereocenters. The Morgan fingerprint density at radius 3 is 1.88 bits per heavy atom. The van der Waals surface area contributed by atoms with E-state index >= 15 is 0 Å². The highest BCUT2D eigenvalue weighted by Crippen LogP contribution is 2.11. The van der Waals surface area contributed by atoms with Gasteiger partial charge in [0.05, 0.1) is 32.0 Å². The molecule has 4 N–H and O–H groups in total. The highest BCUT2D eigenvalue weighted by atomic mass is 16.5. The Labute approximate surface area is 148 Å². The van der Waals surface area contributed by atoms with Crippen LogP contribution in [0.4, 0.5) is 0 Å². The average Bonchev–Trinajstić information content (AvgIpc) is 2.60. The average molecular weight is 348 g/mol. The van der Waals surface area contributed by atoms with E-state index in [1.807, 2.05) is 0 Å². The smallest absolute Gasteiger partial charge is 0.0945 e. The van der Waals surface area contributed by atoms with Crippen molar-refractivity contribution in [1.29, 1.82) is 0 Å². The summed E-state index contributed by atoms with van der Waals surface area (Å²) in [4.78, 5) is 0. The summed E-state index contributed by atoms with van der Waals surface area (Å²) in [5.74, 6) is 0. The third-order valence-corrected chi connectivity index (χ3v) is 4.36. The molecule has 0 aliphatic carbocycles. The van der Waals surface area contributed by atoms with E-state index in [9.17, 15) is 5.11 Å². The molecule has 0 rings (SSSR count). The summed E-state index contributed by atoms with van der Waals surface area (Å²) in [5.41, 5.74) is 0. The molecule has 0 aliphatic rings. The Hall–Kier alpha value is -0.200. The van der Waals surface area contributed by atoms with Gasteiger partial charge in [0.2, 0.25) is 0 Å². The number of unbranched alkanes of at least 4 members (excludes halogenated alkanes) is 10. The number of hydrogen-bond donors (Lipinski definition) is 4. The number of aliphatic hydroxyl groups is 3. The van der Waals surface area contributed by atoms with Crippen molar-refractivity contribution in [1.82, 2.24) is 5.32 Å². The first-order chi connectivity index (χ1) is 11.8. The number of aliphatic hydroxyl groups excluding tert-OH is 3. The summed E-state index contributed by atoms with van der Waals surface area (Å²) >= 11 is 0. The van der Waals surface area contributed by atoms with E-state index in [1.54, 1.807) is 0 Å². The first-order valence-corrected chi connectivity index (χ1v) is 9.97. The van der Waals surface area contributed by atoms with E-state index in [0.717, 1.165) is 6.42 Å². The summed E-state index contributed by atoms with van der Waals surface area (Å²) in [6, 6.07) is -0.324. The van der Waals surface area contributed by atoms with Crippen molar-refractivity contribution in [2.45, 2.75) is 89.7 Å². The van der Waals surface area contributed by atoms with Gasteiger partial charge in [0, 0.05) is 13.2 Å². The lowest BCUT2D eigenvalue weighted by Gasteiger charge is -2.22. The zero-order valence-electron chi connectivity index (χ0n) is 15.7. The maximum atomic E-state index is 9.66. The summed E-state index contributed by atoms with van der Waals surface area (Å²) in [6.07, 6.45) is 13.6. The van der Waals surface area contributed by atoms with Crippen LogP contribution in [0.3, 0.4) is 0 Å². The number of hydrogen-bond acceptors (Lipinski definition) is 5. The summed E-state index contributed by atoms with van der Waals surface area (Å²) in [7, 11) is 0. The van der Waals surface area contributed by atoms with Gasteiger partial charge in [-0.05, 0) is 6.42 Å². The van der Waals surface area contributed by atoms with Gasteiger partial charge in [-0.15, -0.1) is 0 Å². The molecule has 5 heteroatoms. The lowest BCUT2D eigenvalue weighted by atomic mass is 10.1. The van der Waals surface area contributed by atoms with E-state index in [2.05, 4.69) is 12.2 Å². The van der Waals surface area contributed by atoms with Crippen LogP contribution in [0.15, 0.2) is 0 Å². The second-order valence-electron chi connectivity index (χ2n) is 6.64. The van der Waals surface area contributed by atoms with Gasteiger partial charge in [0.25, 0.3) is 0 Å². The largest absolute Gasteiger partial charge is 0.395 e. The van der Waals surface area contributed by atoms with Crippen molar-refractivity contribution in [3.05, 3.63) is 0 Å². The van der Waals surface area contributed by atoms with Crippen LogP contribution in [0.1, 0.15) is 77.6 Å². The number of ether oxygens (including phenoxy) is 1. The van der Waals surface area contributed by atoms with Crippen LogP contribution < -0.4 is 5.32 Å². The Bertz CT molecular complexity index is 241. The fourth-order valence-corrected chi connectivity index (χ4v) is 2.76. The van der Waals surface area contributed by atoms with Crippen LogP contribution in [0.25, 0.3) is 0 Å². The van der Waals surface area contributed by atoms with Gasteiger partial charge in [-0.2, -0.15) is 0 Å². The summed E-state index contributed by atoms with van der Waals surface area (Å²) in [5, 5.41) is 30.4. The van der Waals surface area contributed by atoms with Crippen LogP contribution in [-0.4, -0.2) is 60.4 Å². The van der Waals surface area contributed by atoms with Gasteiger partial charge in [-0.25, -0.2) is 0 Å². The topological polar surface area (TPSA) is 82.0 Å². The molecule has 0 spiro atoms. The van der Waals surface area contributed by atoms with Crippen molar-refractivity contribution >= 4 is 0 Å². The molecule has 0 amide bonds. The SMILES string of the molecule is CCCCCCCCCCCCCOCC(NCCO)C(O)CO.